The molecular formula is C13H9N3O5. The third kappa shape index (κ3) is 3.38. The lowest BCUT2D eigenvalue weighted by atomic mass is 10.2. The van der Waals surface area contributed by atoms with Crippen LogP contribution in [0.3, 0.4) is 0 Å². The summed E-state index contributed by atoms with van der Waals surface area (Å²) in [5, 5.41) is 21.9. The molecule has 1 amide bonds. The SMILES string of the molecule is O=C(O)c1cccc(C(=O)Nc2cccc([N+](=O)[O-])c2)n1. The number of aromatic nitrogens is 1. The number of aromatic carboxylic acids is 1. The molecule has 0 aliphatic carbocycles. The fourth-order valence-electron chi connectivity index (χ4n) is 1.57. The lowest BCUT2D eigenvalue weighted by Crippen LogP contribution is -2.15. The van der Waals surface area contributed by atoms with Crippen molar-refractivity contribution in [1.82, 2.24) is 4.98 Å². The van der Waals surface area contributed by atoms with Crippen LogP contribution in [-0.4, -0.2) is 26.9 Å². The van der Waals surface area contributed by atoms with Gasteiger partial charge >= 0.3 is 5.97 Å². The Bertz CT molecular complexity index is 729. The third-order valence-corrected chi connectivity index (χ3v) is 2.52. The number of nitro benzene ring substituents is 1. The molecular weight excluding hydrogens is 278 g/mol. The minimum absolute atomic E-state index is 0.0959. The number of nitrogens with one attached hydrogen (secondary N) is 1. The smallest absolute Gasteiger partial charge is 0.354 e. The average molecular weight is 287 g/mol. The minimum Gasteiger partial charge on any atom is -0.477 e. The molecule has 1 heterocycles. The van der Waals surface area contributed by atoms with Gasteiger partial charge in [-0.1, -0.05) is 12.1 Å². The standard InChI is InChI=1S/C13H9N3O5/c17-12(10-5-2-6-11(15-10)13(18)19)14-8-3-1-4-9(7-8)16(20)21/h1-7H,(H,14,17)(H,18,19). The Morgan fingerprint density at radius 3 is 2.48 bits per heavy atom. The summed E-state index contributed by atoms with van der Waals surface area (Å²) in [4.78, 5) is 36.5. The number of pyridine rings is 1. The number of amides is 1. The van der Waals surface area contributed by atoms with Crippen LogP contribution in [0, 0.1) is 10.1 Å². The third-order valence-electron chi connectivity index (χ3n) is 2.52. The molecule has 0 saturated heterocycles. The van der Waals surface area contributed by atoms with E-state index in [2.05, 4.69) is 10.3 Å². The van der Waals surface area contributed by atoms with E-state index >= 15 is 0 Å². The number of nitrogens with zero attached hydrogens (tertiary/aromatic N) is 2. The van der Waals surface area contributed by atoms with E-state index < -0.39 is 16.8 Å². The van der Waals surface area contributed by atoms with Gasteiger partial charge in [0.1, 0.15) is 11.4 Å². The van der Waals surface area contributed by atoms with Gasteiger partial charge in [0, 0.05) is 17.8 Å². The number of carboxylic acid groups (broad SMARTS) is 1. The van der Waals surface area contributed by atoms with Crippen LogP contribution in [0.1, 0.15) is 21.0 Å². The highest BCUT2D eigenvalue weighted by molar-refractivity contribution is 6.03. The van der Waals surface area contributed by atoms with Gasteiger partial charge in [0.15, 0.2) is 0 Å². The summed E-state index contributed by atoms with van der Waals surface area (Å²) in [7, 11) is 0. The van der Waals surface area contributed by atoms with Crippen LogP contribution >= 0.6 is 0 Å². The highest BCUT2D eigenvalue weighted by Crippen LogP contribution is 2.17. The summed E-state index contributed by atoms with van der Waals surface area (Å²) >= 11 is 0. The summed E-state index contributed by atoms with van der Waals surface area (Å²) in [6, 6.07) is 9.38. The summed E-state index contributed by atoms with van der Waals surface area (Å²) in [6.07, 6.45) is 0. The zero-order valence-corrected chi connectivity index (χ0v) is 10.5. The molecule has 1 aromatic carbocycles. The van der Waals surface area contributed by atoms with Crippen LogP contribution in [0.25, 0.3) is 0 Å². The van der Waals surface area contributed by atoms with E-state index in [4.69, 9.17) is 5.11 Å². The molecule has 2 rings (SSSR count). The van der Waals surface area contributed by atoms with Gasteiger partial charge in [-0.05, 0) is 18.2 Å². The number of carboxylic acids is 1. The van der Waals surface area contributed by atoms with E-state index in [-0.39, 0.29) is 22.8 Å². The van der Waals surface area contributed by atoms with Gasteiger partial charge in [-0.15, -0.1) is 0 Å². The molecule has 8 heteroatoms. The monoisotopic (exact) mass is 287 g/mol. The number of rotatable bonds is 4. The predicted octanol–water partition coefficient (Wildman–Crippen LogP) is 1.94. The van der Waals surface area contributed by atoms with E-state index in [1.807, 2.05) is 0 Å². The fraction of sp³-hybridized carbons (Fsp3) is 0. The van der Waals surface area contributed by atoms with E-state index in [0.29, 0.717) is 0 Å². The number of benzene rings is 1. The van der Waals surface area contributed by atoms with Crippen molar-refractivity contribution in [3.8, 4) is 0 Å². The number of nitro groups is 1. The zero-order valence-electron chi connectivity index (χ0n) is 10.5. The number of non-ortho nitro benzene ring substituents is 1. The largest absolute Gasteiger partial charge is 0.477 e. The van der Waals surface area contributed by atoms with Gasteiger partial charge < -0.3 is 10.4 Å². The second-order valence-corrected chi connectivity index (χ2v) is 3.97. The van der Waals surface area contributed by atoms with Crippen molar-refractivity contribution in [2.45, 2.75) is 0 Å². The maximum atomic E-state index is 11.9. The molecule has 21 heavy (non-hydrogen) atoms. The lowest BCUT2D eigenvalue weighted by Gasteiger charge is -2.05. The topological polar surface area (TPSA) is 122 Å². The second-order valence-electron chi connectivity index (χ2n) is 3.97. The molecule has 0 aliphatic rings. The van der Waals surface area contributed by atoms with Crippen molar-refractivity contribution >= 4 is 23.3 Å². The fourth-order valence-corrected chi connectivity index (χ4v) is 1.57. The molecule has 0 fully saturated rings. The Morgan fingerprint density at radius 2 is 1.81 bits per heavy atom. The van der Waals surface area contributed by atoms with Gasteiger partial charge in [-0.3, -0.25) is 14.9 Å². The molecule has 106 valence electrons. The van der Waals surface area contributed by atoms with Crippen molar-refractivity contribution < 1.29 is 19.6 Å². The number of carbonyl (C=O) groups is 2. The Labute approximate surface area is 118 Å². The molecule has 8 nitrogen and oxygen atoms in total. The summed E-state index contributed by atoms with van der Waals surface area (Å²) in [6.45, 7) is 0. The first-order valence-electron chi connectivity index (χ1n) is 5.73. The van der Waals surface area contributed by atoms with Crippen LogP contribution in [0.2, 0.25) is 0 Å². The second kappa shape index (κ2) is 5.78. The summed E-state index contributed by atoms with van der Waals surface area (Å²) in [5.41, 5.74) is -0.306. The molecule has 0 radical (unpaired) electrons. The van der Waals surface area contributed by atoms with Gasteiger partial charge in [-0.2, -0.15) is 0 Å². The Kier molecular flexibility index (Phi) is 3.89. The van der Waals surface area contributed by atoms with Crippen molar-refractivity contribution in [2.24, 2.45) is 0 Å². The van der Waals surface area contributed by atoms with Gasteiger partial charge in [-0.25, -0.2) is 9.78 Å². The van der Waals surface area contributed by atoms with Crippen molar-refractivity contribution in [3.05, 3.63) is 64.0 Å². The molecule has 1 aromatic heterocycles. The highest BCUT2D eigenvalue weighted by Gasteiger charge is 2.13. The van der Waals surface area contributed by atoms with Gasteiger partial charge in [0.2, 0.25) is 0 Å². The van der Waals surface area contributed by atoms with Crippen molar-refractivity contribution in [1.29, 1.82) is 0 Å². The predicted molar refractivity (Wildman–Crippen MR) is 72.2 cm³/mol. The Hall–Kier alpha value is -3.29. The van der Waals surface area contributed by atoms with Crippen LogP contribution in [0.15, 0.2) is 42.5 Å². The number of hydrogen-bond donors (Lipinski definition) is 2. The van der Waals surface area contributed by atoms with E-state index in [1.165, 1.54) is 42.5 Å². The molecule has 0 unspecified atom stereocenters. The van der Waals surface area contributed by atoms with Crippen LogP contribution < -0.4 is 5.32 Å². The van der Waals surface area contributed by atoms with E-state index in [0.717, 1.165) is 0 Å². The van der Waals surface area contributed by atoms with Crippen molar-refractivity contribution in [3.63, 3.8) is 0 Å². The average Bonchev–Trinajstić information content (AvgIpc) is 2.47. The lowest BCUT2D eigenvalue weighted by molar-refractivity contribution is -0.384. The zero-order chi connectivity index (χ0) is 15.4. The number of hydrogen-bond acceptors (Lipinski definition) is 5. The Balaban J connectivity index is 2.22. The molecule has 0 saturated carbocycles. The van der Waals surface area contributed by atoms with E-state index in [1.54, 1.807) is 0 Å². The maximum absolute atomic E-state index is 11.9. The molecule has 0 aliphatic heterocycles. The molecule has 0 atom stereocenters. The van der Waals surface area contributed by atoms with Gasteiger partial charge in [0.25, 0.3) is 11.6 Å². The quantitative estimate of drug-likeness (QED) is 0.654. The minimum atomic E-state index is -1.25. The number of anilines is 1. The van der Waals surface area contributed by atoms with Crippen LogP contribution in [0.4, 0.5) is 11.4 Å². The van der Waals surface area contributed by atoms with Gasteiger partial charge in [0.05, 0.1) is 4.92 Å². The molecule has 2 N–H and O–H groups in total. The molecule has 0 bridgehead atoms. The first-order valence-corrected chi connectivity index (χ1v) is 5.73. The Morgan fingerprint density at radius 1 is 1.14 bits per heavy atom. The normalized spacial score (nSPS) is 9.90. The molecule has 2 aromatic rings. The first kappa shape index (κ1) is 14.1. The molecule has 0 spiro atoms. The number of carbonyl (C=O) groups excluding carboxylic acids is 1. The summed E-state index contributed by atoms with van der Waals surface area (Å²) in [5.74, 6) is -1.90. The van der Waals surface area contributed by atoms with Crippen molar-refractivity contribution in [2.75, 3.05) is 5.32 Å². The van der Waals surface area contributed by atoms with E-state index in [9.17, 15) is 19.7 Å². The maximum Gasteiger partial charge on any atom is 0.354 e. The van der Waals surface area contributed by atoms with Crippen LogP contribution in [-0.2, 0) is 0 Å². The highest BCUT2D eigenvalue weighted by atomic mass is 16.6. The van der Waals surface area contributed by atoms with Crippen LogP contribution in [0.5, 0.6) is 0 Å². The summed E-state index contributed by atoms with van der Waals surface area (Å²) < 4.78 is 0. The first-order chi connectivity index (χ1) is 9.97.